The second-order valence-corrected chi connectivity index (χ2v) is 6.50. The van der Waals surface area contributed by atoms with Gasteiger partial charge in [0.15, 0.2) is 0 Å². The molecule has 0 aromatic heterocycles. The summed E-state index contributed by atoms with van der Waals surface area (Å²) in [6.45, 7) is 0.117. The van der Waals surface area contributed by atoms with Crippen molar-refractivity contribution in [2.75, 3.05) is 13.7 Å². The Labute approximate surface area is 129 Å². The first-order valence-electron chi connectivity index (χ1n) is 7.32. The molecule has 2 unspecified atom stereocenters. The molecule has 2 aliphatic heterocycles. The van der Waals surface area contributed by atoms with Gasteiger partial charge in [-0.3, -0.25) is 4.79 Å². The molecular weight excluding hydrogens is 290 g/mol. The molecule has 0 aliphatic carbocycles. The van der Waals surface area contributed by atoms with Crippen LogP contribution in [0.3, 0.4) is 0 Å². The molecule has 0 spiro atoms. The monoisotopic (exact) mass is 309 g/mol. The topological polar surface area (TPSA) is 49.8 Å². The van der Waals surface area contributed by atoms with E-state index in [0.717, 1.165) is 18.4 Å². The van der Waals surface area contributed by atoms with Gasteiger partial charge in [0.1, 0.15) is 6.61 Å². The molecule has 2 fully saturated rings. The summed E-state index contributed by atoms with van der Waals surface area (Å²) in [7, 11) is 1.54. The Kier molecular flexibility index (Phi) is 3.95. The third kappa shape index (κ3) is 2.68. The number of fused-ring (bicyclic) bond motifs is 2. The van der Waals surface area contributed by atoms with Crippen molar-refractivity contribution < 1.29 is 14.6 Å². The van der Waals surface area contributed by atoms with Gasteiger partial charge in [0.05, 0.1) is 5.60 Å². The number of rotatable bonds is 3. The lowest BCUT2D eigenvalue weighted by atomic mass is 9.80. The summed E-state index contributed by atoms with van der Waals surface area (Å²) in [4.78, 5) is 14.1. The van der Waals surface area contributed by atoms with Crippen molar-refractivity contribution in [1.29, 1.82) is 0 Å². The van der Waals surface area contributed by atoms with Crippen LogP contribution in [-0.2, 0) is 15.1 Å². The Balaban J connectivity index is 1.81. The molecular formula is C16H20ClNO3. The first-order valence-corrected chi connectivity index (χ1v) is 7.70. The number of aliphatic hydroxyl groups is 1. The largest absolute Gasteiger partial charge is 0.385 e. The summed E-state index contributed by atoms with van der Waals surface area (Å²) in [5, 5.41) is 11.7. The van der Waals surface area contributed by atoms with E-state index in [9.17, 15) is 9.90 Å². The Bertz CT molecular complexity index is 517. The average molecular weight is 310 g/mol. The first kappa shape index (κ1) is 14.8. The van der Waals surface area contributed by atoms with Crippen molar-refractivity contribution in [1.82, 2.24) is 4.90 Å². The van der Waals surface area contributed by atoms with Gasteiger partial charge in [0.2, 0.25) is 5.91 Å². The summed E-state index contributed by atoms with van der Waals surface area (Å²) in [5.74, 6) is 0.0307. The van der Waals surface area contributed by atoms with Gasteiger partial charge < -0.3 is 14.7 Å². The number of amides is 1. The Hall–Kier alpha value is -1.10. The number of hydrogen-bond acceptors (Lipinski definition) is 3. The van der Waals surface area contributed by atoms with Crippen LogP contribution in [-0.4, -0.2) is 41.7 Å². The predicted octanol–water partition coefficient (Wildman–Crippen LogP) is 2.33. The average Bonchev–Trinajstić information content (AvgIpc) is 2.73. The van der Waals surface area contributed by atoms with Crippen LogP contribution in [0.4, 0.5) is 0 Å². The molecule has 2 aliphatic rings. The molecule has 2 saturated heterocycles. The van der Waals surface area contributed by atoms with Gasteiger partial charge in [-0.05, 0) is 30.5 Å². The third-order valence-electron chi connectivity index (χ3n) is 4.70. The van der Waals surface area contributed by atoms with Crippen molar-refractivity contribution >= 4 is 17.5 Å². The maximum atomic E-state index is 12.2. The third-order valence-corrected chi connectivity index (χ3v) is 4.96. The summed E-state index contributed by atoms with van der Waals surface area (Å²) >= 11 is 5.92. The van der Waals surface area contributed by atoms with Crippen molar-refractivity contribution in [2.45, 2.75) is 43.4 Å². The zero-order valence-electron chi connectivity index (χ0n) is 12.1. The van der Waals surface area contributed by atoms with E-state index >= 15 is 0 Å². The van der Waals surface area contributed by atoms with E-state index in [-0.39, 0.29) is 24.6 Å². The smallest absolute Gasteiger partial charge is 0.249 e. The number of carbonyl (C=O) groups is 1. The molecule has 1 amide bonds. The second kappa shape index (κ2) is 5.59. The van der Waals surface area contributed by atoms with Crippen LogP contribution in [0.25, 0.3) is 0 Å². The van der Waals surface area contributed by atoms with E-state index < -0.39 is 5.60 Å². The quantitative estimate of drug-likeness (QED) is 0.932. The number of piperidine rings is 1. The molecule has 2 atom stereocenters. The zero-order valence-corrected chi connectivity index (χ0v) is 12.8. The van der Waals surface area contributed by atoms with Crippen LogP contribution < -0.4 is 0 Å². The van der Waals surface area contributed by atoms with E-state index in [4.69, 9.17) is 16.3 Å². The molecule has 4 nitrogen and oxygen atoms in total. The van der Waals surface area contributed by atoms with E-state index in [0.29, 0.717) is 17.9 Å². The van der Waals surface area contributed by atoms with Gasteiger partial charge in [-0.15, -0.1) is 0 Å². The standard InChI is InChI=1S/C16H20ClNO3/c1-21-10-15(19)18-13-6-7-14(18)9-16(20,8-13)11-2-4-12(17)5-3-11/h2-5,13-14,20H,6-10H2,1H3. The van der Waals surface area contributed by atoms with E-state index in [1.807, 2.05) is 17.0 Å². The molecule has 21 heavy (non-hydrogen) atoms. The Morgan fingerprint density at radius 1 is 1.33 bits per heavy atom. The SMILES string of the molecule is COCC(=O)N1C2CCC1CC(O)(c1ccc(Cl)cc1)C2. The minimum Gasteiger partial charge on any atom is -0.385 e. The lowest BCUT2D eigenvalue weighted by molar-refractivity contribution is -0.145. The van der Waals surface area contributed by atoms with E-state index in [1.54, 1.807) is 12.1 Å². The van der Waals surface area contributed by atoms with E-state index in [2.05, 4.69) is 0 Å². The maximum Gasteiger partial charge on any atom is 0.249 e. The van der Waals surface area contributed by atoms with Crippen LogP contribution >= 0.6 is 11.6 Å². The number of nitrogens with zero attached hydrogens (tertiary/aromatic N) is 1. The minimum atomic E-state index is -0.861. The highest BCUT2D eigenvalue weighted by molar-refractivity contribution is 6.30. The van der Waals surface area contributed by atoms with Crippen LogP contribution in [0.2, 0.25) is 5.02 Å². The normalized spacial score (nSPS) is 31.5. The second-order valence-electron chi connectivity index (χ2n) is 6.07. The summed E-state index contributed by atoms with van der Waals surface area (Å²) < 4.78 is 4.96. The predicted molar refractivity (Wildman–Crippen MR) is 80.1 cm³/mol. The Morgan fingerprint density at radius 3 is 2.43 bits per heavy atom. The lowest BCUT2D eigenvalue weighted by Gasteiger charge is -2.44. The number of methoxy groups -OCH3 is 1. The van der Waals surface area contributed by atoms with Crippen molar-refractivity contribution in [3.8, 4) is 0 Å². The number of carbonyl (C=O) groups excluding carboxylic acids is 1. The fourth-order valence-electron chi connectivity index (χ4n) is 3.83. The van der Waals surface area contributed by atoms with Crippen molar-refractivity contribution in [3.05, 3.63) is 34.9 Å². The molecule has 1 aromatic rings. The Morgan fingerprint density at radius 2 is 1.90 bits per heavy atom. The summed E-state index contributed by atoms with van der Waals surface area (Å²) in [6.07, 6.45) is 3.08. The lowest BCUT2D eigenvalue weighted by Crippen LogP contribution is -2.52. The highest BCUT2D eigenvalue weighted by Gasteiger charge is 2.49. The first-order chi connectivity index (χ1) is 10.0. The van der Waals surface area contributed by atoms with Crippen LogP contribution in [0.1, 0.15) is 31.2 Å². The van der Waals surface area contributed by atoms with Crippen molar-refractivity contribution in [3.63, 3.8) is 0 Å². The number of hydrogen-bond donors (Lipinski definition) is 1. The van der Waals surface area contributed by atoms with E-state index in [1.165, 1.54) is 7.11 Å². The van der Waals surface area contributed by atoms with Crippen LogP contribution in [0.15, 0.2) is 24.3 Å². The number of ether oxygens (including phenoxy) is 1. The van der Waals surface area contributed by atoms with Gasteiger partial charge in [-0.25, -0.2) is 0 Å². The summed E-state index contributed by atoms with van der Waals surface area (Å²) in [6, 6.07) is 7.58. The molecule has 0 saturated carbocycles. The molecule has 3 rings (SSSR count). The summed E-state index contributed by atoms with van der Waals surface area (Å²) in [5.41, 5.74) is 0.0305. The van der Waals surface area contributed by atoms with Gasteiger partial charge in [-0.1, -0.05) is 23.7 Å². The molecule has 1 N–H and O–H groups in total. The van der Waals surface area contributed by atoms with Gasteiger partial charge in [-0.2, -0.15) is 0 Å². The highest BCUT2D eigenvalue weighted by atomic mass is 35.5. The van der Waals surface area contributed by atoms with Crippen LogP contribution in [0, 0.1) is 0 Å². The molecule has 114 valence electrons. The molecule has 0 radical (unpaired) electrons. The molecule has 2 bridgehead atoms. The number of halogens is 1. The van der Waals surface area contributed by atoms with Gasteiger partial charge in [0.25, 0.3) is 0 Å². The number of benzene rings is 1. The zero-order chi connectivity index (χ0) is 15.0. The minimum absolute atomic E-state index is 0.0307. The van der Waals surface area contributed by atoms with Crippen LogP contribution in [0.5, 0.6) is 0 Å². The van der Waals surface area contributed by atoms with Gasteiger partial charge in [0, 0.05) is 37.1 Å². The maximum absolute atomic E-state index is 12.2. The van der Waals surface area contributed by atoms with Gasteiger partial charge >= 0.3 is 0 Å². The highest BCUT2D eigenvalue weighted by Crippen LogP contribution is 2.45. The molecule has 2 heterocycles. The fourth-order valence-corrected chi connectivity index (χ4v) is 3.95. The molecule has 5 heteroatoms. The van der Waals surface area contributed by atoms with Crippen molar-refractivity contribution in [2.24, 2.45) is 0 Å². The molecule has 1 aromatic carbocycles. The fraction of sp³-hybridized carbons (Fsp3) is 0.562.